The average molecular weight is 475 g/mol. The highest BCUT2D eigenvalue weighted by atomic mass is 32.1. The standard InChI is InChI=1S/C26H30N6OS/c1-2-23-29-25(24-21-5-3-4-6-22(21)34-26(24)30-23)28-19-15-27-32(17-19)20-9-7-18(8-10-20)16-31-11-13-33-14-12-31/h7-10,15,17H,2-6,11-14,16H2,1H3,(H,28,29,30). The molecule has 1 saturated heterocycles. The molecular formula is C26H30N6OS. The van der Waals surface area contributed by atoms with E-state index in [0.29, 0.717) is 0 Å². The van der Waals surface area contributed by atoms with Crippen LogP contribution in [0, 0.1) is 0 Å². The van der Waals surface area contributed by atoms with Gasteiger partial charge in [-0.25, -0.2) is 14.6 Å². The van der Waals surface area contributed by atoms with Gasteiger partial charge in [-0.2, -0.15) is 5.10 Å². The molecule has 0 saturated carbocycles. The first-order chi connectivity index (χ1) is 16.8. The van der Waals surface area contributed by atoms with E-state index in [9.17, 15) is 0 Å². The van der Waals surface area contributed by atoms with Gasteiger partial charge in [0.05, 0.1) is 42.4 Å². The molecule has 6 rings (SSSR count). The van der Waals surface area contributed by atoms with E-state index in [2.05, 4.69) is 46.5 Å². The normalized spacial score (nSPS) is 16.6. The summed E-state index contributed by atoms with van der Waals surface area (Å²) < 4.78 is 7.37. The van der Waals surface area contributed by atoms with Gasteiger partial charge >= 0.3 is 0 Å². The van der Waals surface area contributed by atoms with Crippen LogP contribution in [0.1, 0.15) is 41.6 Å². The van der Waals surface area contributed by atoms with Gasteiger partial charge in [0.15, 0.2) is 0 Å². The summed E-state index contributed by atoms with van der Waals surface area (Å²) in [6.45, 7) is 6.73. The van der Waals surface area contributed by atoms with Crippen LogP contribution in [0.4, 0.5) is 11.5 Å². The fourth-order valence-corrected chi connectivity index (χ4v) is 6.17. The first-order valence-corrected chi connectivity index (χ1v) is 13.1. The van der Waals surface area contributed by atoms with E-state index in [1.165, 1.54) is 34.2 Å². The number of morpholine rings is 1. The summed E-state index contributed by atoms with van der Waals surface area (Å²) in [6, 6.07) is 8.66. The third-order valence-corrected chi connectivity index (χ3v) is 7.92. The summed E-state index contributed by atoms with van der Waals surface area (Å²) in [6.07, 6.45) is 9.53. The highest BCUT2D eigenvalue weighted by molar-refractivity contribution is 7.19. The van der Waals surface area contributed by atoms with Gasteiger partial charge in [-0.15, -0.1) is 11.3 Å². The highest BCUT2D eigenvalue weighted by Crippen LogP contribution is 2.39. The molecule has 0 bridgehead atoms. The van der Waals surface area contributed by atoms with Gasteiger partial charge in [-0.3, -0.25) is 4.90 Å². The number of aryl methyl sites for hydroxylation is 3. The van der Waals surface area contributed by atoms with E-state index in [-0.39, 0.29) is 0 Å². The number of ether oxygens (including phenoxy) is 1. The minimum Gasteiger partial charge on any atom is -0.379 e. The van der Waals surface area contributed by atoms with Crippen molar-refractivity contribution in [1.82, 2.24) is 24.6 Å². The van der Waals surface area contributed by atoms with Crippen LogP contribution >= 0.6 is 11.3 Å². The first kappa shape index (κ1) is 21.7. The van der Waals surface area contributed by atoms with Crippen LogP contribution in [-0.2, 0) is 30.5 Å². The van der Waals surface area contributed by atoms with Crippen LogP contribution < -0.4 is 5.32 Å². The number of aromatic nitrogens is 4. The van der Waals surface area contributed by atoms with Crippen LogP contribution in [0.25, 0.3) is 15.9 Å². The third kappa shape index (κ3) is 4.33. The smallest absolute Gasteiger partial charge is 0.143 e. The van der Waals surface area contributed by atoms with Gasteiger partial charge in [0.1, 0.15) is 16.5 Å². The summed E-state index contributed by atoms with van der Waals surface area (Å²) in [5.74, 6) is 1.80. The summed E-state index contributed by atoms with van der Waals surface area (Å²) >= 11 is 1.85. The second-order valence-corrected chi connectivity index (χ2v) is 10.2. The Morgan fingerprint density at radius 3 is 2.71 bits per heavy atom. The Bertz CT molecular complexity index is 1290. The molecule has 34 heavy (non-hydrogen) atoms. The Labute approximate surface area is 203 Å². The maximum Gasteiger partial charge on any atom is 0.143 e. The minimum absolute atomic E-state index is 0.823. The van der Waals surface area contributed by atoms with Crippen molar-refractivity contribution in [2.24, 2.45) is 0 Å². The van der Waals surface area contributed by atoms with E-state index in [0.717, 1.165) is 80.0 Å². The molecule has 7 nitrogen and oxygen atoms in total. The van der Waals surface area contributed by atoms with E-state index >= 15 is 0 Å². The molecule has 8 heteroatoms. The van der Waals surface area contributed by atoms with Gasteiger partial charge < -0.3 is 10.1 Å². The molecular weight excluding hydrogens is 444 g/mol. The Morgan fingerprint density at radius 2 is 1.88 bits per heavy atom. The lowest BCUT2D eigenvalue weighted by Gasteiger charge is -2.26. The molecule has 1 aromatic carbocycles. The molecule has 1 fully saturated rings. The summed E-state index contributed by atoms with van der Waals surface area (Å²) in [5.41, 5.74) is 4.75. The fourth-order valence-electron chi connectivity index (χ4n) is 4.89. The molecule has 176 valence electrons. The number of hydrogen-bond donors (Lipinski definition) is 1. The number of thiophene rings is 1. The lowest BCUT2D eigenvalue weighted by atomic mass is 9.97. The summed E-state index contributed by atoms with van der Waals surface area (Å²) in [4.78, 5) is 14.8. The largest absolute Gasteiger partial charge is 0.379 e. The van der Waals surface area contributed by atoms with Crippen LogP contribution in [0.3, 0.4) is 0 Å². The van der Waals surface area contributed by atoms with Crippen molar-refractivity contribution >= 4 is 33.1 Å². The molecule has 0 amide bonds. The number of hydrogen-bond acceptors (Lipinski definition) is 7. The predicted molar refractivity (Wildman–Crippen MR) is 136 cm³/mol. The van der Waals surface area contributed by atoms with E-state index in [1.54, 1.807) is 0 Å². The molecule has 0 radical (unpaired) electrons. The van der Waals surface area contributed by atoms with Crippen molar-refractivity contribution in [1.29, 1.82) is 0 Å². The molecule has 4 heterocycles. The molecule has 4 aromatic rings. The highest BCUT2D eigenvalue weighted by Gasteiger charge is 2.21. The van der Waals surface area contributed by atoms with Crippen molar-refractivity contribution < 1.29 is 4.74 Å². The summed E-state index contributed by atoms with van der Waals surface area (Å²) in [5, 5.41) is 9.39. The third-order valence-electron chi connectivity index (χ3n) is 6.73. The Balaban J connectivity index is 1.23. The molecule has 0 unspecified atom stereocenters. The van der Waals surface area contributed by atoms with E-state index < -0.39 is 0 Å². The first-order valence-electron chi connectivity index (χ1n) is 12.3. The van der Waals surface area contributed by atoms with E-state index in [4.69, 9.17) is 14.7 Å². The monoisotopic (exact) mass is 474 g/mol. The van der Waals surface area contributed by atoms with Crippen LogP contribution in [0.5, 0.6) is 0 Å². The molecule has 0 atom stereocenters. The molecule has 1 aliphatic carbocycles. The van der Waals surface area contributed by atoms with Crippen LogP contribution in [0.2, 0.25) is 0 Å². The topological polar surface area (TPSA) is 68.1 Å². The Morgan fingerprint density at radius 1 is 1.06 bits per heavy atom. The molecule has 1 N–H and O–H groups in total. The van der Waals surface area contributed by atoms with Crippen molar-refractivity contribution in [2.45, 2.75) is 45.6 Å². The van der Waals surface area contributed by atoms with Crippen molar-refractivity contribution in [3.05, 3.63) is 58.5 Å². The van der Waals surface area contributed by atoms with Gasteiger partial charge in [-0.05, 0) is 48.9 Å². The van der Waals surface area contributed by atoms with Crippen LogP contribution in [-0.4, -0.2) is 51.0 Å². The molecule has 2 aliphatic rings. The predicted octanol–water partition coefficient (Wildman–Crippen LogP) is 4.89. The lowest BCUT2D eigenvalue weighted by molar-refractivity contribution is 0.0342. The minimum atomic E-state index is 0.823. The zero-order valence-electron chi connectivity index (χ0n) is 19.6. The van der Waals surface area contributed by atoms with Crippen LogP contribution in [0.15, 0.2) is 36.7 Å². The molecule has 0 spiro atoms. The van der Waals surface area contributed by atoms with Crippen molar-refractivity contribution in [2.75, 3.05) is 31.6 Å². The van der Waals surface area contributed by atoms with E-state index in [1.807, 2.05) is 28.4 Å². The van der Waals surface area contributed by atoms with Gasteiger partial charge in [-0.1, -0.05) is 19.1 Å². The average Bonchev–Trinajstić information content (AvgIpc) is 3.49. The lowest BCUT2D eigenvalue weighted by Crippen LogP contribution is -2.35. The SMILES string of the molecule is CCc1nc(Nc2cnn(-c3ccc(CN4CCOCC4)cc3)c2)c2c3c(sc2n1)CCCC3. The Hall–Kier alpha value is -2.81. The van der Waals surface area contributed by atoms with Gasteiger partial charge in [0, 0.05) is 30.9 Å². The number of fused-ring (bicyclic) bond motifs is 3. The number of nitrogens with zero attached hydrogens (tertiary/aromatic N) is 5. The van der Waals surface area contributed by atoms with Crippen molar-refractivity contribution in [3.63, 3.8) is 0 Å². The zero-order valence-corrected chi connectivity index (χ0v) is 20.4. The number of benzene rings is 1. The maximum absolute atomic E-state index is 5.45. The number of nitrogens with one attached hydrogen (secondary N) is 1. The molecule has 1 aliphatic heterocycles. The second kappa shape index (κ2) is 9.44. The second-order valence-electron chi connectivity index (χ2n) is 9.09. The van der Waals surface area contributed by atoms with Gasteiger partial charge in [0.25, 0.3) is 0 Å². The molecule has 3 aromatic heterocycles. The van der Waals surface area contributed by atoms with Crippen molar-refractivity contribution in [3.8, 4) is 5.69 Å². The number of rotatable bonds is 6. The van der Waals surface area contributed by atoms with Gasteiger partial charge in [0.2, 0.25) is 0 Å². The zero-order chi connectivity index (χ0) is 22.9. The summed E-state index contributed by atoms with van der Waals surface area (Å²) in [7, 11) is 0. The quantitative estimate of drug-likeness (QED) is 0.429. The fraction of sp³-hybridized carbons (Fsp3) is 0.423. The Kier molecular flexibility index (Phi) is 6.03. The maximum atomic E-state index is 5.45. The number of anilines is 2.